The van der Waals surface area contributed by atoms with Gasteiger partial charge in [0, 0.05) is 30.9 Å². The lowest BCUT2D eigenvalue weighted by Crippen LogP contribution is -2.58. The van der Waals surface area contributed by atoms with E-state index in [9.17, 15) is 4.39 Å². The first kappa shape index (κ1) is 16.3. The molecule has 2 unspecified atom stereocenters. The summed E-state index contributed by atoms with van der Waals surface area (Å²) in [6, 6.07) is 6.30. The number of anilines is 1. The minimum atomic E-state index is -0.133. The maximum atomic E-state index is 13.8. The molecule has 0 radical (unpaired) electrons. The molecule has 2 rings (SSSR count). The molecule has 1 N–H and O–H groups in total. The molecular weight excluding hydrogens is 263 g/mol. The standard InChI is InChI=1S/C18H29FN2/c1-12(2)6-16-11-21(18(10-20-16)13(3)4)17-8-14(5)7-15(19)9-17/h7-9,12-13,16,18,20H,6,10-11H2,1-5H3. The monoisotopic (exact) mass is 292 g/mol. The lowest BCUT2D eigenvalue weighted by molar-refractivity contribution is 0.310. The number of nitrogens with one attached hydrogen (secondary N) is 1. The number of nitrogens with zero attached hydrogens (tertiary/aromatic N) is 1. The van der Waals surface area contributed by atoms with E-state index in [-0.39, 0.29) is 5.82 Å². The van der Waals surface area contributed by atoms with Crippen LogP contribution in [0.15, 0.2) is 18.2 Å². The third-order valence-corrected chi connectivity index (χ3v) is 4.32. The van der Waals surface area contributed by atoms with Gasteiger partial charge in [-0.05, 0) is 48.9 Å². The van der Waals surface area contributed by atoms with Gasteiger partial charge in [0.2, 0.25) is 0 Å². The van der Waals surface area contributed by atoms with Gasteiger partial charge in [-0.2, -0.15) is 0 Å². The van der Waals surface area contributed by atoms with Gasteiger partial charge in [0.15, 0.2) is 0 Å². The molecule has 0 saturated carbocycles. The van der Waals surface area contributed by atoms with Crippen molar-refractivity contribution in [1.29, 1.82) is 0 Å². The number of hydrogen-bond acceptors (Lipinski definition) is 2. The summed E-state index contributed by atoms with van der Waals surface area (Å²) in [6.45, 7) is 12.9. The summed E-state index contributed by atoms with van der Waals surface area (Å²) in [5.41, 5.74) is 2.02. The Morgan fingerprint density at radius 3 is 2.52 bits per heavy atom. The van der Waals surface area contributed by atoms with Crippen molar-refractivity contribution < 1.29 is 4.39 Å². The van der Waals surface area contributed by atoms with Crippen molar-refractivity contribution in [3.63, 3.8) is 0 Å². The molecule has 3 heteroatoms. The van der Waals surface area contributed by atoms with E-state index in [0.717, 1.165) is 30.8 Å². The molecule has 2 atom stereocenters. The van der Waals surface area contributed by atoms with Gasteiger partial charge in [0.25, 0.3) is 0 Å². The topological polar surface area (TPSA) is 15.3 Å². The molecule has 1 aliphatic rings. The molecule has 1 fully saturated rings. The maximum absolute atomic E-state index is 13.8. The summed E-state index contributed by atoms with van der Waals surface area (Å²) in [4.78, 5) is 2.41. The average molecular weight is 292 g/mol. The Bertz CT molecular complexity index is 450. The molecule has 2 nitrogen and oxygen atoms in total. The van der Waals surface area contributed by atoms with Crippen LogP contribution in [0.2, 0.25) is 0 Å². The Balaban J connectivity index is 2.24. The third kappa shape index (κ3) is 4.19. The highest BCUT2D eigenvalue weighted by atomic mass is 19.1. The van der Waals surface area contributed by atoms with Gasteiger partial charge in [-0.3, -0.25) is 0 Å². The highest BCUT2D eigenvalue weighted by Gasteiger charge is 2.30. The number of aryl methyl sites for hydroxylation is 1. The predicted octanol–water partition coefficient (Wildman–Crippen LogP) is 3.98. The lowest BCUT2D eigenvalue weighted by atomic mass is 9.94. The number of rotatable bonds is 4. The number of hydrogen-bond donors (Lipinski definition) is 1. The molecule has 118 valence electrons. The molecule has 1 aromatic carbocycles. The predicted molar refractivity (Wildman–Crippen MR) is 88.4 cm³/mol. The van der Waals surface area contributed by atoms with Gasteiger partial charge < -0.3 is 10.2 Å². The highest BCUT2D eigenvalue weighted by Crippen LogP contribution is 2.27. The molecule has 0 spiro atoms. The molecule has 1 heterocycles. The normalized spacial score (nSPS) is 23.1. The molecule has 21 heavy (non-hydrogen) atoms. The number of piperazine rings is 1. The quantitative estimate of drug-likeness (QED) is 0.903. The first-order valence-corrected chi connectivity index (χ1v) is 8.14. The first-order chi connectivity index (χ1) is 9.86. The van der Waals surface area contributed by atoms with Crippen molar-refractivity contribution >= 4 is 5.69 Å². The van der Waals surface area contributed by atoms with Gasteiger partial charge >= 0.3 is 0 Å². The molecule has 1 aliphatic heterocycles. The van der Waals surface area contributed by atoms with Crippen molar-refractivity contribution in [2.45, 2.75) is 53.1 Å². The van der Waals surface area contributed by atoms with E-state index >= 15 is 0 Å². The van der Waals surface area contributed by atoms with Crippen molar-refractivity contribution in [1.82, 2.24) is 5.32 Å². The van der Waals surface area contributed by atoms with E-state index in [1.54, 1.807) is 12.1 Å². The molecule has 1 saturated heterocycles. The van der Waals surface area contributed by atoms with Crippen LogP contribution in [-0.2, 0) is 0 Å². The van der Waals surface area contributed by atoms with E-state index in [4.69, 9.17) is 0 Å². The first-order valence-electron chi connectivity index (χ1n) is 8.14. The maximum Gasteiger partial charge on any atom is 0.125 e. The summed E-state index contributed by atoms with van der Waals surface area (Å²) < 4.78 is 13.8. The zero-order valence-corrected chi connectivity index (χ0v) is 14.0. The lowest BCUT2D eigenvalue weighted by Gasteiger charge is -2.44. The Hall–Kier alpha value is -1.09. The van der Waals surface area contributed by atoms with Crippen LogP contribution in [-0.4, -0.2) is 25.2 Å². The van der Waals surface area contributed by atoms with Crippen molar-refractivity contribution in [3.05, 3.63) is 29.6 Å². The van der Waals surface area contributed by atoms with E-state index in [1.165, 1.54) is 0 Å². The smallest absolute Gasteiger partial charge is 0.125 e. The fraction of sp³-hybridized carbons (Fsp3) is 0.667. The number of benzene rings is 1. The summed E-state index contributed by atoms with van der Waals surface area (Å²) in [5, 5.41) is 3.68. The fourth-order valence-electron chi connectivity index (χ4n) is 3.34. The fourth-order valence-corrected chi connectivity index (χ4v) is 3.34. The molecule has 0 bridgehead atoms. The Kier molecular flexibility index (Phi) is 5.26. The van der Waals surface area contributed by atoms with Crippen LogP contribution in [0.25, 0.3) is 0 Å². The SMILES string of the molecule is Cc1cc(F)cc(N2CC(CC(C)C)NCC2C(C)C)c1. The zero-order valence-electron chi connectivity index (χ0n) is 14.0. The van der Waals surface area contributed by atoms with Gasteiger partial charge in [-0.15, -0.1) is 0 Å². The Morgan fingerprint density at radius 1 is 1.24 bits per heavy atom. The van der Waals surface area contributed by atoms with E-state index < -0.39 is 0 Å². The van der Waals surface area contributed by atoms with Crippen molar-refractivity contribution in [2.24, 2.45) is 11.8 Å². The van der Waals surface area contributed by atoms with Gasteiger partial charge in [0.05, 0.1) is 0 Å². The van der Waals surface area contributed by atoms with Crippen molar-refractivity contribution in [3.8, 4) is 0 Å². The van der Waals surface area contributed by atoms with Crippen LogP contribution >= 0.6 is 0 Å². The second-order valence-corrected chi connectivity index (χ2v) is 7.19. The van der Waals surface area contributed by atoms with Crippen LogP contribution in [0, 0.1) is 24.6 Å². The zero-order chi connectivity index (χ0) is 15.6. The minimum Gasteiger partial charge on any atom is -0.365 e. The summed E-state index contributed by atoms with van der Waals surface area (Å²) in [5.74, 6) is 1.08. The molecule has 0 amide bonds. The highest BCUT2D eigenvalue weighted by molar-refractivity contribution is 5.51. The largest absolute Gasteiger partial charge is 0.365 e. The van der Waals surface area contributed by atoms with E-state index in [1.807, 2.05) is 6.92 Å². The van der Waals surface area contributed by atoms with Crippen LogP contribution in [0.3, 0.4) is 0 Å². The average Bonchev–Trinajstić information content (AvgIpc) is 2.36. The Labute approximate surface area is 128 Å². The minimum absolute atomic E-state index is 0.133. The summed E-state index contributed by atoms with van der Waals surface area (Å²) >= 11 is 0. The molecular formula is C18H29FN2. The van der Waals surface area contributed by atoms with Crippen LogP contribution in [0.4, 0.5) is 10.1 Å². The van der Waals surface area contributed by atoms with Crippen molar-refractivity contribution in [2.75, 3.05) is 18.0 Å². The van der Waals surface area contributed by atoms with Crippen LogP contribution in [0.1, 0.15) is 39.7 Å². The van der Waals surface area contributed by atoms with Crippen LogP contribution in [0.5, 0.6) is 0 Å². The Morgan fingerprint density at radius 2 is 1.95 bits per heavy atom. The second kappa shape index (κ2) is 6.78. The van der Waals surface area contributed by atoms with Gasteiger partial charge in [-0.25, -0.2) is 4.39 Å². The molecule has 1 aromatic rings. The third-order valence-electron chi connectivity index (χ3n) is 4.32. The van der Waals surface area contributed by atoms with E-state index in [0.29, 0.717) is 23.9 Å². The number of halogens is 1. The molecule has 0 aromatic heterocycles. The van der Waals surface area contributed by atoms with Gasteiger partial charge in [0.1, 0.15) is 5.82 Å². The van der Waals surface area contributed by atoms with E-state index in [2.05, 4.69) is 44.0 Å². The van der Waals surface area contributed by atoms with Gasteiger partial charge in [-0.1, -0.05) is 27.7 Å². The van der Waals surface area contributed by atoms with Crippen LogP contribution < -0.4 is 10.2 Å². The summed E-state index contributed by atoms with van der Waals surface area (Å²) in [6.07, 6.45) is 1.16. The summed E-state index contributed by atoms with van der Waals surface area (Å²) in [7, 11) is 0. The second-order valence-electron chi connectivity index (χ2n) is 7.19. The molecule has 0 aliphatic carbocycles.